The fourth-order valence-electron chi connectivity index (χ4n) is 3.19. The van der Waals surface area contributed by atoms with Gasteiger partial charge in [0.25, 0.3) is 5.91 Å². The molecule has 1 N–H and O–H groups in total. The van der Waals surface area contributed by atoms with Crippen LogP contribution in [0, 0.1) is 0 Å². The van der Waals surface area contributed by atoms with Crippen LogP contribution in [0.4, 0.5) is 5.69 Å². The van der Waals surface area contributed by atoms with E-state index >= 15 is 0 Å². The second-order valence-corrected chi connectivity index (χ2v) is 9.83. The molecule has 1 heterocycles. The molecule has 0 fully saturated rings. The number of carbonyl (C=O) groups excluding carboxylic acids is 1. The number of anilines is 1. The average Bonchev–Trinajstić information content (AvgIpc) is 2.96. The Morgan fingerprint density at radius 1 is 1.08 bits per heavy atom. The van der Waals surface area contributed by atoms with Gasteiger partial charge in [-0.2, -0.15) is 0 Å². The van der Waals surface area contributed by atoms with E-state index in [-0.39, 0.29) is 5.91 Å². The molecule has 0 unspecified atom stereocenters. The number of hydrogen-bond donors (Lipinski definition) is 1. The van der Waals surface area contributed by atoms with Crippen molar-refractivity contribution >= 4 is 35.7 Å². The average molecular weight is 369 g/mol. The van der Waals surface area contributed by atoms with Crippen molar-refractivity contribution in [1.29, 1.82) is 0 Å². The lowest BCUT2D eigenvalue weighted by Crippen LogP contribution is -2.09. The van der Waals surface area contributed by atoms with E-state index in [0.717, 1.165) is 27.9 Å². The maximum absolute atomic E-state index is 13.1. The molecule has 26 heavy (non-hydrogen) atoms. The van der Waals surface area contributed by atoms with E-state index in [1.54, 1.807) is 0 Å². The van der Waals surface area contributed by atoms with Gasteiger partial charge in [0.2, 0.25) is 0 Å². The quantitative estimate of drug-likeness (QED) is 0.598. The smallest absolute Gasteiger partial charge is 0.256 e. The van der Waals surface area contributed by atoms with Crippen molar-refractivity contribution in [2.75, 3.05) is 24.2 Å². The predicted octanol–water partition coefficient (Wildman–Crippen LogP) is 4.61. The van der Waals surface area contributed by atoms with Gasteiger partial charge in [-0.05, 0) is 48.9 Å². The standard InChI is InChI=1S/C21H24NO3P/c1-4-25-16-9-7-8-15(12-16)13-19-18-14-17(26(24,5-2)6-3)10-11-20(18)22-21(19)23/h7-14H,4-6H2,1-3H3,(H,22,23). The van der Waals surface area contributed by atoms with Gasteiger partial charge in [0, 0.05) is 34.5 Å². The topological polar surface area (TPSA) is 55.4 Å². The molecule has 0 spiro atoms. The third kappa shape index (κ3) is 3.47. The van der Waals surface area contributed by atoms with Crippen LogP contribution in [-0.2, 0) is 9.36 Å². The Kier molecular flexibility index (Phi) is 5.33. The van der Waals surface area contributed by atoms with Crippen LogP contribution in [0.15, 0.2) is 42.5 Å². The van der Waals surface area contributed by atoms with Crippen molar-refractivity contribution in [2.24, 2.45) is 0 Å². The number of benzene rings is 2. The third-order valence-corrected chi connectivity index (χ3v) is 8.02. The lowest BCUT2D eigenvalue weighted by molar-refractivity contribution is -0.110. The molecule has 3 rings (SSSR count). The summed E-state index contributed by atoms with van der Waals surface area (Å²) < 4.78 is 18.6. The molecule has 1 amide bonds. The molecule has 4 nitrogen and oxygen atoms in total. The van der Waals surface area contributed by atoms with Crippen molar-refractivity contribution in [3.8, 4) is 5.75 Å². The normalized spacial score (nSPS) is 15.0. The SMILES string of the molecule is CCOc1cccc(C=C2C(=O)Nc3ccc(P(=O)(CC)CC)cc32)c1. The van der Waals surface area contributed by atoms with Crippen molar-refractivity contribution in [1.82, 2.24) is 0 Å². The number of fused-ring (bicyclic) bond motifs is 1. The first-order chi connectivity index (χ1) is 12.5. The van der Waals surface area contributed by atoms with E-state index in [2.05, 4.69) is 5.32 Å². The van der Waals surface area contributed by atoms with Crippen LogP contribution in [0.5, 0.6) is 5.75 Å². The van der Waals surface area contributed by atoms with Gasteiger partial charge >= 0.3 is 0 Å². The van der Waals surface area contributed by atoms with Gasteiger partial charge in [0.05, 0.1) is 6.61 Å². The van der Waals surface area contributed by atoms with E-state index < -0.39 is 7.14 Å². The molecule has 5 heteroatoms. The molecule has 136 valence electrons. The highest BCUT2D eigenvalue weighted by Crippen LogP contribution is 2.45. The fourth-order valence-corrected chi connectivity index (χ4v) is 5.08. The Morgan fingerprint density at radius 3 is 2.54 bits per heavy atom. The molecule has 0 aliphatic carbocycles. The number of carbonyl (C=O) groups is 1. The van der Waals surface area contributed by atoms with Crippen molar-refractivity contribution in [3.63, 3.8) is 0 Å². The van der Waals surface area contributed by atoms with Crippen LogP contribution in [0.25, 0.3) is 11.6 Å². The molecule has 0 radical (unpaired) electrons. The lowest BCUT2D eigenvalue weighted by atomic mass is 10.0. The number of hydrogen-bond acceptors (Lipinski definition) is 3. The number of amides is 1. The zero-order valence-corrected chi connectivity index (χ0v) is 16.3. The molecule has 2 aromatic rings. The van der Waals surface area contributed by atoms with Gasteiger partial charge in [-0.3, -0.25) is 4.79 Å². The summed E-state index contributed by atoms with van der Waals surface area (Å²) in [6.07, 6.45) is 3.11. The highest BCUT2D eigenvalue weighted by atomic mass is 31.2. The Hall–Kier alpha value is -2.32. The Balaban J connectivity index is 2.05. The first kappa shape index (κ1) is 18.5. The van der Waals surface area contributed by atoms with Gasteiger partial charge in [-0.25, -0.2) is 0 Å². The summed E-state index contributed by atoms with van der Waals surface area (Å²) in [5.74, 6) is 0.637. The maximum Gasteiger partial charge on any atom is 0.256 e. The first-order valence-electron chi connectivity index (χ1n) is 8.99. The molecule has 0 bridgehead atoms. The second-order valence-electron chi connectivity index (χ2n) is 6.27. The van der Waals surface area contributed by atoms with E-state index in [1.807, 2.05) is 69.3 Å². The van der Waals surface area contributed by atoms with Gasteiger partial charge in [-0.15, -0.1) is 0 Å². The first-order valence-corrected chi connectivity index (χ1v) is 11.1. The second kappa shape index (κ2) is 7.51. The molecule has 1 aliphatic heterocycles. The molecule has 0 saturated carbocycles. The molecule has 1 aliphatic rings. The largest absolute Gasteiger partial charge is 0.494 e. The Labute approximate surface area is 154 Å². The molecule has 0 saturated heterocycles. The summed E-state index contributed by atoms with van der Waals surface area (Å²) >= 11 is 0. The van der Waals surface area contributed by atoms with Gasteiger partial charge in [0.15, 0.2) is 0 Å². The number of rotatable bonds is 6. The monoisotopic (exact) mass is 369 g/mol. The number of nitrogens with one attached hydrogen (secondary N) is 1. The molecule has 0 atom stereocenters. The number of ether oxygens (including phenoxy) is 1. The minimum absolute atomic E-state index is 0.137. The van der Waals surface area contributed by atoms with Gasteiger partial charge < -0.3 is 14.6 Å². The minimum Gasteiger partial charge on any atom is -0.494 e. The zero-order valence-electron chi connectivity index (χ0n) is 15.4. The highest BCUT2D eigenvalue weighted by Gasteiger charge is 2.28. The Morgan fingerprint density at radius 2 is 1.85 bits per heavy atom. The summed E-state index contributed by atoms with van der Waals surface area (Å²) in [6.45, 7) is 6.44. The van der Waals surface area contributed by atoms with E-state index in [1.165, 1.54) is 0 Å². The fraction of sp³-hybridized carbons (Fsp3) is 0.286. The van der Waals surface area contributed by atoms with E-state index in [4.69, 9.17) is 4.74 Å². The van der Waals surface area contributed by atoms with E-state index in [0.29, 0.717) is 24.5 Å². The zero-order chi connectivity index (χ0) is 18.7. The van der Waals surface area contributed by atoms with Gasteiger partial charge in [0.1, 0.15) is 12.9 Å². The van der Waals surface area contributed by atoms with Crippen LogP contribution < -0.4 is 15.4 Å². The van der Waals surface area contributed by atoms with Crippen molar-refractivity contribution < 1.29 is 14.1 Å². The molecular formula is C21H24NO3P. The maximum atomic E-state index is 13.1. The molecule has 0 aromatic heterocycles. The van der Waals surface area contributed by atoms with E-state index in [9.17, 15) is 9.36 Å². The summed E-state index contributed by atoms with van der Waals surface area (Å²) in [7, 11) is -2.40. The summed E-state index contributed by atoms with van der Waals surface area (Å²) in [5, 5.41) is 3.73. The Bertz CT molecular complexity index is 909. The van der Waals surface area contributed by atoms with Crippen LogP contribution in [0.3, 0.4) is 0 Å². The highest BCUT2D eigenvalue weighted by molar-refractivity contribution is 7.71. The van der Waals surface area contributed by atoms with Crippen LogP contribution in [-0.4, -0.2) is 24.8 Å². The summed E-state index contributed by atoms with van der Waals surface area (Å²) in [6, 6.07) is 13.3. The third-order valence-electron chi connectivity index (χ3n) is 4.76. The predicted molar refractivity (Wildman–Crippen MR) is 109 cm³/mol. The molecule has 2 aromatic carbocycles. The minimum atomic E-state index is -2.40. The summed E-state index contributed by atoms with van der Waals surface area (Å²) in [5.41, 5.74) is 3.07. The van der Waals surface area contributed by atoms with Crippen molar-refractivity contribution in [3.05, 3.63) is 53.6 Å². The van der Waals surface area contributed by atoms with Crippen LogP contribution in [0.1, 0.15) is 31.9 Å². The van der Waals surface area contributed by atoms with Crippen LogP contribution >= 0.6 is 7.14 Å². The summed E-state index contributed by atoms with van der Waals surface area (Å²) in [4.78, 5) is 12.5. The molecular weight excluding hydrogens is 345 g/mol. The van der Waals surface area contributed by atoms with Gasteiger partial charge in [-0.1, -0.05) is 26.0 Å². The lowest BCUT2D eigenvalue weighted by Gasteiger charge is -2.15. The van der Waals surface area contributed by atoms with Crippen molar-refractivity contribution in [2.45, 2.75) is 20.8 Å². The van der Waals surface area contributed by atoms with Crippen LogP contribution in [0.2, 0.25) is 0 Å².